The Kier molecular flexibility index (Phi) is 4.89. The Balaban J connectivity index is 3.91. The van der Waals surface area contributed by atoms with Crippen LogP contribution in [0, 0.1) is 0 Å². The van der Waals surface area contributed by atoms with Crippen LogP contribution in [-0.4, -0.2) is 22.9 Å². The van der Waals surface area contributed by atoms with Crippen LogP contribution in [0.3, 0.4) is 0 Å². The maximum absolute atomic E-state index is 9.00. The summed E-state index contributed by atoms with van der Waals surface area (Å²) >= 11 is 0. The highest BCUT2D eigenvalue weighted by molar-refractivity contribution is 5.13. The highest BCUT2D eigenvalue weighted by Crippen LogP contribution is 1.99. The van der Waals surface area contributed by atoms with E-state index in [9.17, 15) is 0 Å². The van der Waals surface area contributed by atoms with Crippen LogP contribution >= 0.6 is 0 Å². The molecule has 0 saturated carbocycles. The number of rotatable bonds is 3. The van der Waals surface area contributed by atoms with Crippen molar-refractivity contribution < 1.29 is 10.2 Å². The van der Waals surface area contributed by atoms with Crippen molar-refractivity contribution in [3.05, 3.63) is 23.8 Å². The van der Waals surface area contributed by atoms with Crippen LogP contribution in [0.15, 0.2) is 23.8 Å². The Morgan fingerprint density at radius 3 is 2.60 bits per heavy atom. The molecule has 0 aliphatic rings. The lowest BCUT2D eigenvalue weighted by Gasteiger charge is -2.04. The van der Waals surface area contributed by atoms with Crippen molar-refractivity contribution in [3.63, 3.8) is 0 Å². The van der Waals surface area contributed by atoms with Crippen molar-refractivity contribution >= 4 is 0 Å². The summed E-state index contributed by atoms with van der Waals surface area (Å²) in [5, 5.41) is 17.5. The first-order chi connectivity index (χ1) is 4.72. The quantitative estimate of drug-likeness (QED) is 0.574. The van der Waals surface area contributed by atoms with E-state index in [4.69, 9.17) is 10.2 Å². The van der Waals surface area contributed by atoms with Crippen LogP contribution < -0.4 is 0 Å². The molecular formula is C8H14O2. The fourth-order valence-corrected chi connectivity index (χ4v) is 0.503. The molecule has 0 aliphatic carbocycles. The smallest absolute Gasteiger partial charge is 0.0981 e. The minimum atomic E-state index is -0.712. The largest absolute Gasteiger partial charge is 0.393 e. The van der Waals surface area contributed by atoms with Gasteiger partial charge in [-0.2, -0.15) is 0 Å². The molecule has 2 N–H and O–H groups in total. The molecule has 2 nitrogen and oxygen atoms in total. The SMILES string of the molecule is CC=C/C=C(/C)C(O)CO. The molecule has 2 heteroatoms. The van der Waals surface area contributed by atoms with E-state index >= 15 is 0 Å². The molecule has 0 aromatic carbocycles. The molecule has 0 aromatic heterocycles. The van der Waals surface area contributed by atoms with E-state index in [0.717, 1.165) is 5.57 Å². The molecule has 0 radical (unpaired) electrons. The molecule has 58 valence electrons. The van der Waals surface area contributed by atoms with Gasteiger partial charge in [0.15, 0.2) is 0 Å². The molecule has 1 unspecified atom stereocenters. The summed E-state index contributed by atoms with van der Waals surface area (Å²) in [6.45, 7) is 3.47. The highest BCUT2D eigenvalue weighted by Gasteiger charge is 2.00. The van der Waals surface area contributed by atoms with Gasteiger partial charge in [0.05, 0.1) is 12.7 Å². The first-order valence-electron chi connectivity index (χ1n) is 3.30. The van der Waals surface area contributed by atoms with E-state index in [-0.39, 0.29) is 6.61 Å². The Morgan fingerprint density at radius 1 is 1.60 bits per heavy atom. The normalized spacial score (nSPS) is 16.2. The van der Waals surface area contributed by atoms with Gasteiger partial charge in [-0.1, -0.05) is 18.2 Å². The highest BCUT2D eigenvalue weighted by atomic mass is 16.3. The van der Waals surface area contributed by atoms with Gasteiger partial charge in [-0.25, -0.2) is 0 Å². The second-order valence-electron chi connectivity index (χ2n) is 2.13. The predicted molar refractivity (Wildman–Crippen MR) is 41.7 cm³/mol. The van der Waals surface area contributed by atoms with Gasteiger partial charge < -0.3 is 10.2 Å². The van der Waals surface area contributed by atoms with Gasteiger partial charge in [0.25, 0.3) is 0 Å². The zero-order valence-corrected chi connectivity index (χ0v) is 6.41. The number of allylic oxidation sites excluding steroid dienone is 3. The Morgan fingerprint density at radius 2 is 2.20 bits per heavy atom. The van der Waals surface area contributed by atoms with Crippen molar-refractivity contribution in [1.82, 2.24) is 0 Å². The summed E-state index contributed by atoms with van der Waals surface area (Å²) in [6.07, 6.45) is 4.76. The van der Waals surface area contributed by atoms with E-state index in [1.54, 1.807) is 13.0 Å². The number of aliphatic hydroxyl groups is 2. The molecule has 0 aliphatic heterocycles. The van der Waals surface area contributed by atoms with Gasteiger partial charge in [-0.05, 0) is 19.4 Å². The van der Waals surface area contributed by atoms with Crippen LogP contribution in [0.2, 0.25) is 0 Å². The molecule has 0 fully saturated rings. The molecule has 0 bridgehead atoms. The van der Waals surface area contributed by atoms with Gasteiger partial charge >= 0.3 is 0 Å². The fourth-order valence-electron chi connectivity index (χ4n) is 0.503. The van der Waals surface area contributed by atoms with Crippen LogP contribution in [0.25, 0.3) is 0 Å². The van der Waals surface area contributed by atoms with E-state index in [2.05, 4.69) is 0 Å². The summed E-state index contributed by atoms with van der Waals surface area (Å²) < 4.78 is 0. The van der Waals surface area contributed by atoms with Gasteiger partial charge in [0.1, 0.15) is 0 Å². The van der Waals surface area contributed by atoms with E-state index in [0.29, 0.717) is 0 Å². The molecule has 0 spiro atoms. The molecule has 0 saturated heterocycles. The summed E-state index contributed by atoms with van der Waals surface area (Å²) in [5.41, 5.74) is 0.778. The molecule has 10 heavy (non-hydrogen) atoms. The Bertz CT molecular complexity index is 136. The van der Waals surface area contributed by atoms with Crippen LogP contribution in [-0.2, 0) is 0 Å². The standard InChI is InChI=1S/C8H14O2/c1-3-4-5-7(2)8(10)6-9/h3-5,8-10H,6H2,1-2H3/b4-3?,7-5-. The van der Waals surface area contributed by atoms with Gasteiger partial charge in [-0.3, -0.25) is 0 Å². The first kappa shape index (κ1) is 9.40. The maximum atomic E-state index is 9.00. The molecule has 1 atom stereocenters. The monoisotopic (exact) mass is 142 g/mol. The summed E-state index contributed by atoms with van der Waals surface area (Å²) in [6, 6.07) is 0. The molecular weight excluding hydrogens is 128 g/mol. The van der Waals surface area contributed by atoms with Crippen LogP contribution in [0.5, 0.6) is 0 Å². The second kappa shape index (κ2) is 5.21. The topological polar surface area (TPSA) is 40.5 Å². The predicted octanol–water partition coefficient (Wildman–Crippen LogP) is 0.862. The zero-order valence-electron chi connectivity index (χ0n) is 6.41. The third kappa shape index (κ3) is 3.43. The van der Waals surface area contributed by atoms with E-state index < -0.39 is 6.10 Å². The van der Waals surface area contributed by atoms with Gasteiger partial charge in [0, 0.05) is 0 Å². The average Bonchev–Trinajstić information content (AvgIpc) is 1.98. The summed E-state index contributed by atoms with van der Waals surface area (Å²) in [4.78, 5) is 0. The van der Waals surface area contributed by atoms with Crippen LogP contribution in [0.4, 0.5) is 0 Å². The lowest BCUT2D eigenvalue weighted by molar-refractivity contribution is 0.122. The average molecular weight is 142 g/mol. The fraction of sp³-hybridized carbons (Fsp3) is 0.500. The van der Waals surface area contributed by atoms with Crippen molar-refractivity contribution in [2.75, 3.05) is 6.61 Å². The maximum Gasteiger partial charge on any atom is 0.0981 e. The van der Waals surface area contributed by atoms with Crippen molar-refractivity contribution in [2.45, 2.75) is 20.0 Å². The third-order valence-corrected chi connectivity index (χ3v) is 1.25. The lowest BCUT2D eigenvalue weighted by Crippen LogP contribution is -2.12. The van der Waals surface area contributed by atoms with Gasteiger partial charge in [0.2, 0.25) is 0 Å². The van der Waals surface area contributed by atoms with Crippen molar-refractivity contribution in [3.8, 4) is 0 Å². The zero-order chi connectivity index (χ0) is 7.98. The minimum absolute atomic E-state index is 0.208. The molecule has 0 heterocycles. The molecule has 0 aromatic rings. The first-order valence-corrected chi connectivity index (χ1v) is 3.30. The van der Waals surface area contributed by atoms with Crippen molar-refractivity contribution in [2.24, 2.45) is 0 Å². The number of aliphatic hydroxyl groups excluding tert-OH is 2. The minimum Gasteiger partial charge on any atom is -0.393 e. The third-order valence-electron chi connectivity index (χ3n) is 1.25. The van der Waals surface area contributed by atoms with Gasteiger partial charge in [-0.15, -0.1) is 0 Å². The van der Waals surface area contributed by atoms with Crippen LogP contribution in [0.1, 0.15) is 13.8 Å². The summed E-state index contributed by atoms with van der Waals surface area (Å²) in [7, 11) is 0. The van der Waals surface area contributed by atoms with E-state index in [1.165, 1.54) is 0 Å². The molecule has 0 amide bonds. The number of hydrogen-bond donors (Lipinski definition) is 2. The number of hydrogen-bond acceptors (Lipinski definition) is 2. The lowest BCUT2D eigenvalue weighted by atomic mass is 10.1. The Labute approximate surface area is 61.5 Å². The Hall–Kier alpha value is -0.600. The molecule has 0 rings (SSSR count). The van der Waals surface area contributed by atoms with E-state index in [1.807, 2.05) is 19.1 Å². The second-order valence-corrected chi connectivity index (χ2v) is 2.13. The summed E-state index contributed by atoms with van der Waals surface area (Å²) in [5.74, 6) is 0. The van der Waals surface area contributed by atoms with Crippen molar-refractivity contribution in [1.29, 1.82) is 0 Å².